The van der Waals surface area contributed by atoms with Gasteiger partial charge in [0.1, 0.15) is 0 Å². The molecule has 0 aliphatic carbocycles. The van der Waals surface area contributed by atoms with Crippen molar-refractivity contribution in [2.75, 3.05) is 0 Å². The van der Waals surface area contributed by atoms with Crippen LogP contribution in [0.2, 0.25) is 5.02 Å². The molecule has 1 aromatic heterocycles. The number of fused-ring (bicyclic) bond motifs is 1. The van der Waals surface area contributed by atoms with Crippen LogP contribution in [-0.2, 0) is 13.0 Å². The number of carboxylic acids is 1. The molecular formula is C25H17ClN2O3. The maximum atomic E-state index is 13.0. The fourth-order valence-electron chi connectivity index (χ4n) is 3.19. The summed E-state index contributed by atoms with van der Waals surface area (Å²) in [6, 6.07) is 19.3. The first kappa shape index (κ1) is 20.4. The maximum Gasteiger partial charge on any atom is 0.335 e. The summed E-state index contributed by atoms with van der Waals surface area (Å²) in [5.74, 6) is 5.22. The molecule has 1 heterocycles. The monoisotopic (exact) mass is 428 g/mol. The van der Waals surface area contributed by atoms with Gasteiger partial charge in [0.15, 0.2) is 0 Å². The second-order valence-corrected chi connectivity index (χ2v) is 7.46. The zero-order valence-electron chi connectivity index (χ0n) is 16.4. The predicted molar refractivity (Wildman–Crippen MR) is 121 cm³/mol. The number of hydrogen-bond donors (Lipinski definition) is 1. The van der Waals surface area contributed by atoms with E-state index in [0.29, 0.717) is 28.9 Å². The van der Waals surface area contributed by atoms with E-state index in [0.717, 1.165) is 16.7 Å². The van der Waals surface area contributed by atoms with Gasteiger partial charge in [-0.05, 0) is 53.6 Å². The van der Waals surface area contributed by atoms with Crippen LogP contribution in [0.3, 0.4) is 0 Å². The fraction of sp³-hybridized carbons (Fsp3) is 0.0800. The molecule has 152 valence electrons. The van der Waals surface area contributed by atoms with Crippen LogP contribution in [0.4, 0.5) is 0 Å². The maximum absolute atomic E-state index is 13.0. The fourth-order valence-corrected chi connectivity index (χ4v) is 3.41. The number of hydrogen-bond acceptors (Lipinski definition) is 3. The van der Waals surface area contributed by atoms with Crippen molar-refractivity contribution in [3.63, 3.8) is 0 Å². The summed E-state index contributed by atoms with van der Waals surface area (Å²) >= 11 is 6.00. The third kappa shape index (κ3) is 4.82. The Labute approximate surface area is 183 Å². The molecule has 0 fully saturated rings. The van der Waals surface area contributed by atoms with E-state index in [-0.39, 0.29) is 11.1 Å². The summed E-state index contributed by atoms with van der Waals surface area (Å²) in [7, 11) is 0. The SMILES string of the molecule is O=C(O)c1ccc(Cn2cnc3ccc(C#CCc4cccc(Cl)c4)cc3c2=O)cc1. The lowest BCUT2D eigenvalue weighted by Crippen LogP contribution is -2.21. The van der Waals surface area contributed by atoms with Crippen molar-refractivity contribution < 1.29 is 9.90 Å². The van der Waals surface area contributed by atoms with E-state index in [4.69, 9.17) is 16.7 Å². The number of carboxylic acid groups (broad SMARTS) is 1. The molecule has 0 atom stereocenters. The number of nitrogens with zero attached hydrogens (tertiary/aromatic N) is 2. The minimum Gasteiger partial charge on any atom is -0.478 e. The summed E-state index contributed by atoms with van der Waals surface area (Å²) in [6.07, 6.45) is 2.06. The van der Waals surface area contributed by atoms with Crippen LogP contribution >= 0.6 is 11.6 Å². The Bertz CT molecular complexity index is 1400. The van der Waals surface area contributed by atoms with Gasteiger partial charge in [0.25, 0.3) is 5.56 Å². The summed E-state index contributed by atoms with van der Waals surface area (Å²) in [5.41, 5.74) is 3.20. The second-order valence-electron chi connectivity index (χ2n) is 7.02. The number of benzene rings is 3. The van der Waals surface area contributed by atoms with Crippen LogP contribution in [0.1, 0.15) is 27.0 Å². The lowest BCUT2D eigenvalue weighted by atomic mass is 10.1. The van der Waals surface area contributed by atoms with Crippen molar-refractivity contribution in [3.8, 4) is 11.8 Å². The van der Waals surface area contributed by atoms with Crippen molar-refractivity contribution in [1.82, 2.24) is 9.55 Å². The van der Waals surface area contributed by atoms with Gasteiger partial charge in [0.2, 0.25) is 0 Å². The molecule has 0 amide bonds. The molecule has 4 aromatic rings. The topological polar surface area (TPSA) is 72.2 Å². The Balaban J connectivity index is 1.59. The Morgan fingerprint density at radius 1 is 1.03 bits per heavy atom. The number of rotatable bonds is 4. The molecule has 3 aromatic carbocycles. The molecule has 4 rings (SSSR count). The highest BCUT2D eigenvalue weighted by molar-refractivity contribution is 6.30. The van der Waals surface area contributed by atoms with E-state index in [9.17, 15) is 9.59 Å². The van der Waals surface area contributed by atoms with Gasteiger partial charge < -0.3 is 5.11 Å². The van der Waals surface area contributed by atoms with Crippen LogP contribution in [-0.4, -0.2) is 20.6 Å². The molecule has 6 heteroatoms. The van der Waals surface area contributed by atoms with Gasteiger partial charge >= 0.3 is 5.97 Å². The largest absolute Gasteiger partial charge is 0.478 e. The lowest BCUT2D eigenvalue weighted by molar-refractivity contribution is 0.0697. The summed E-state index contributed by atoms with van der Waals surface area (Å²) < 4.78 is 1.50. The molecule has 0 bridgehead atoms. The summed E-state index contributed by atoms with van der Waals surface area (Å²) in [5, 5.41) is 10.2. The highest BCUT2D eigenvalue weighted by Gasteiger charge is 2.07. The minimum atomic E-state index is -0.986. The van der Waals surface area contributed by atoms with E-state index in [1.807, 2.05) is 30.3 Å². The quantitative estimate of drug-likeness (QED) is 0.489. The standard InChI is InChI=1S/C25H17ClN2O3/c26-21-6-2-5-17(13-21)3-1-4-18-9-12-23-22(14-18)24(29)28(16-27-23)15-19-7-10-20(11-8-19)25(30)31/h2,5-14,16H,3,15H2,(H,30,31). The van der Waals surface area contributed by atoms with E-state index >= 15 is 0 Å². The van der Waals surface area contributed by atoms with Gasteiger partial charge in [-0.2, -0.15) is 0 Å². The summed E-state index contributed by atoms with van der Waals surface area (Å²) in [4.78, 5) is 28.3. The molecule has 0 spiro atoms. The average molecular weight is 429 g/mol. The Hall–Kier alpha value is -3.88. The van der Waals surface area contributed by atoms with Gasteiger partial charge in [-0.3, -0.25) is 9.36 Å². The Morgan fingerprint density at radius 2 is 1.84 bits per heavy atom. The first-order valence-corrected chi connectivity index (χ1v) is 9.92. The van der Waals surface area contributed by atoms with Crippen molar-refractivity contribution in [1.29, 1.82) is 0 Å². The van der Waals surface area contributed by atoms with Gasteiger partial charge in [0, 0.05) is 17.0 Å². The number of aromatic nitrogens is 2. The van der Waals surface area contributed by atoms with Gasteiger partial charge in [-0.15, -0.1) is 0 Å². The van der Waals surface area contributed by atoms with E-state index in [1.165, 1.54) is 23.0 Å². The third-order valence-electron chi connectivity index (χ3n) is 4.79. The van der Waals surface area contributed by atoms with Crippen LogP contribution < -0.4 is 5.56 Å². The molecule has 0 unspecified atom stereocenters. The number of aromatic carboxylic acids is 1. The number of halogens is 1. The molecule has 0 aliphatic rings. The average Bonchev–Trinajstić information content (AvgIpc) is 2.76. The molecule has 31 heavy (non-hydrogen) atoms. The van der Waals surface area contributed by atoms with Crippen LogP contribution in [0.25, 0.3) is 10.9 Å². The molecule has 0 saturated carbocycles. The third-order valence-corrected chi connectivity index (χ3v) is 5.03. The zero-order chi connectivity index (χ0) is 21.8. The molecule has 0 saturated heterocycles. The highest BCUT2D eigenvalue weighted by Crippen LogP contribution is 2.12. The van der Waals surface area contributed by atoms with Gasteiger partial charge in [-0.1, -0.05) is 47.7 Å². The van der Waals surface area contributed by atoms with E-state index in [2.05, 4.69) is 16.8 Å². The van der Waals surface area contributed by atoms with Crippen molar-refractivity contribution in [2.45, 2.75) is 13.0 Å². The molecular weight excluding hydrogens is 412 g/mol. The lowest BCUT2D eigenvalue weighted by Gasteiger charge is -2.07. The summed E-state index contributed by atoms with van der Waals surface area (Å²) in [6.45, 7) is 0.298. The molecule has 5 nitrogen and oxygen atoms in total. The second kappa shape index (κ2) is 8.86. The minimum absolute atomic E-state index is 0.175. The van der Waals surface area contributed by atoms with Gasteiger partial charge in [0.05, 0.1) is 29.3 Å². The van der Waals surface area contributed by atoms with Crippen LogP contribution in [0.5, 0.6) is 0 Å². The Morgan fingerprint density at radius 3 is 2.58 bits per heavy atom. The van der Waals surface area contributed by atoms with E-state index < -0.39 is 5.97 Å². The van der Waals surface area contributed by atoms with Crippen molar-refractivity contribution in [3.05, 3.63) is 111 Å². The van der Waals surface area contributed by atoms with Crippen molar-refractivity contribution in [2.24, 2.45) is 0 Å². The molecule has 0 radical (unpaired) electrons. The molecule has 0 aliphatic heterocycles. The number of carbonyl (C=O) groups is 1. The normalized spacial score (nSPS) is 10.5. The first-order chi connectivity index (χ1) is 15.0. The van der Waals surface area contributed by atoms with E-state index in [1.54, 1.807) is 24.3 Å². The highest BCUT2D eigenvalue weighted by atomic mass is 35.5. The van der Waals surface area contributed by atoms with Crippen molar-refractivity contribution >= 4 is 28.5 Å². The van der Waals surface area contributed by atoms with Crippen LogP contribution in [0.15, 0.2) is 77.9 Å². The zero-order valence-corrected chi connectivity index (χ0v) is 17.1. The van der Waals surface area contributed by atoms with Crippen LogP contribution in [0, 0.1) is 11.8 Å². The smallest absolute Gasteiger partial charge is 0.335 e. The first-order valence-electron chi connectivity index (χ1n) is 9.54. The van der Waals surface area contributed by atoms with Gasteiger partial charge in [-0.25, -0.2) is 9.78 Å². The molecule has 1 N–H and O–H groups in total. The predicted octanol–water partition coefficient (Wildman–Crippen LogP) is 4.39. The Kier molecular flexibility index (Phi) is 5.83.